The van der Waals surface area contributed by atoms with Crippen molar-refractivity contribution in [2.24, 2.45) is 15.8 Å². The quantitative estimate of drug-likeness (QED) is 0.477. The molecule has 124 valence electrons. The number of aliphatic imine (C=N–C) groups is 2. The summed E-state index contributed by atoms with van der Waals surface area (Å²) in [4.78, 5) is 8.37. The van der Waals surface area contributed by atoms with Crippen molar-refractivity contribution in [2.45, 2.75) is 6.18 Å². The second kappa shape index (κ2) is 6.04. The SMILES string of the molecule is NNC1=Nc2ccc(C(F)(F)F)cc2C(c2ccccc2F)=NC1. The van der Waals surface area contributed by atoms with Gasteiger partial charge < -0.3 is 5.43 Å². The number of halogens is 4. The molecule has 0 spiro atoms. The third kappa shape index (κ3) is 3.00. The first-order valence-electron chi connectivity index (χ1n) is 6.95. The number of amidine groups is 1. The normalized spacial score (nSPS) is 14.4. The van der Waals surface area contributed by atoms with Gasteiger partial charge in [-0.1, -0.05) is 12.1 Å². The van der Waals surface area contributed by atoms with Crippen molar-refractivity contribution >= 4 is 17.2 Å². The minimum atomic E-state index is -4.53. The maximum atomic E-state index is 14.1. The molecule has 2 aromatic rings. The van der Waals surface area contributed by atoms with Gasteiger partial charge in [0.1, 0.15) is 11.7 Å². The average Bonchev–Trinajstić information content (AvgIpc) is 2.73. The van der Waals surface area contributed by atoms with Crippen LogP contribution in [0.5, 0.6) is 0 Å². The van der Waals surface area contributed by atoms with Gasteiger partial charge in [0.25, 0.3) is 0 Å². The van der Waals surface area contributed by atoms with E-state index in [4.69, 9.17) is 5.84 Å². The van der Waals surface area contributed by atoms with E-state index in [1.165, 1.54) is 24.3 Å². The molecule has 0 saturated carbocycles. The van der Waals surface area contributed by atoms with E-state index in [0.29, 0.717) is 0 Å². The van der Waals surface area contributed by atoms with Gasteiger partial charge in [-0.05, 0) is 30.3 Å². The van der Waals surface area contributed by atoms with Crippen LogP contribution >= 0.6 is 0 Å². The van der Waals surface area contributed by atoms with E-state index in [2.05, 4.69) is 15.4 Å². The molecule has 0 bridgehead atoms. The highest BCUT2D eigenvalue weighted by atomic mass is 19.4. The van der Waals surface area contributed by atoms with Crippen LogP contribution in [0.3, 0.4) is 0 Å². The summed E-state index contributed by atoms with van der Waals surface area (Å²) in [7, 11) is 0. The predicted octanol–water partition coefficient (Wildman–Crippen LogP) is 3.19. The van der Waals surface area contributed by atoms with Gasteiger partial charge in [-0.15, -0.1) is 0 Å². The number of nitrogens with zero attached hydrogens (tertiary/aromatic N) is 2. The van der Waals surface area contributed by atoms with Crippen LogP contribution in [-0.2, 0) is 6.18 Å². The van der Waals surface area contributed by atoms with Gasteiger partial charge in [0.2, 0.25) is 0 Å². The maximum absolute atomic E-state index is 14.1. The summed E-state index contributed by atoms with van der Waals surface area (Å²) in [6.45, 7) is -0.00377. The fourth-order valence-corrected chi connectivity index (χ4v) is 2.38. The fourth-order valence-electron chi connectivity index (χ4n) is 2.38. The molecule has 1 aliphatic rings. The van der Waals surface area contributed by atoms with Gasteiger partial charge in [-0.3, -0.25) is 4.99 Å². The predicted molar refractivity (Wildman–Crippen MR) is 82.8 cm³/mol. The molecule has 3 rings (SSSR count). The number of fused-ring (bicyclic) bond motifs is 1. The number of benzene rings is 2. The minimum absolute atomic E-state index is 0.00377. The van der Waals surface area contributed by atoms with E-state index < -0.39 is 17.6 Å². The van der Waals surface area contributed by atoms with Crippen molar-refractivity contribution in [3.63, 3.8) is 0 Å². The zero-order valence-electron chi connectivity index (χ0n) is 12.2. The number of alkyl halides is 3. The molecule has 1 aliphatic heterocycles. The minimum Gasteiger partial charge on any atom is -0.310 e. The summed E-state index contributed by atoms with van der Waals surface area (Å²) < 4.78 is 53.2. The van der Waals surface area contributed by atoms with Gasteiger partial charge in [0.15, 0.2) is 0 Å². The molecule has 0 fully saturated rings. The number of rotatable bonds is 1. The summed E-state index contributed by atoms with van der Waals surface area (Å²) in [5.74, 6) is 5.03. The molecule has 4 nitrogen and oxygen atoms in total. The Morgan fingerprint density at radius 3 is 2.46 bits per heavy atom. The molecular weight excluding hydrogens is 324 g/mol. The van der Waals surface area contributed by atoms with Crippen molar-refractivity contribution in [3.8, 4) is 0 Å². The summed E-state index contributed by atoms with van der Waals surface area (Å²) in [6, 6.07) is 8.81. The van der Waals surface area contributed by atoms with Crippen LogP contribution in [-0.4, -0.2) is 18.1 Å². The highest BCUT2D eigenvalue weighted by Crippen LogP contribution is 2.34. The summed E-state index contributed by atoms with van der Waals surface area (Å²) in [6.07, 6.45) is -4.53. The molecule has 0 radical (unpaired) electrons. The summed E-state index contributed by atoms with van der Waals surface area (Å²) >= 11 is 0. The van der Waals surface area contributed by atoms with E-state index in [-0.39, 0.29) is 34.9 Å². The first-order valence-corrected chi connectivity index (χ1v) is 6.95. The van der Waals surface area contributed by atoms with Gasteiger partial charge in [-0.25, -0.2) is 15.2 Å². The molecule has 0 unspecified atom stereocenters. The fraction of sp³-hybridized carbons (Fsp3) is 0.125. The highest BCUT2D eigenvalue weighted by molar-refractivity contribution is 6.17. The lowest BCUT2D eigenvalue weighted by molar-refractivity contribution is -0.137. The van der Waals surface area contributed by atoms with Crippen LogP contribution in [0.15, 0.2) is 52.4 Å². The van der Waals surface area contributed by atoms with Crippen LogP contribution in [0.1, 0.15) is 16.7 Å². The van der Waals surface area contributed by atoms with E-state index >= 15 is 0 Å². The second-order valence-corrected chi connectivity index (χ2v) is 5.08. The molecule has 3 N–H and O–H groups in total. The van der Waals surface area contributed by atoms with Crippen molar-refractivity contribution < 1.29 is 17.6 Å². The van der Waals surface area contributed by atoms with Gasteiger partial charge in [0, 0.05) is 11.1 Å². The maximum Gasteiger partial charge on any atom is 0.416 e. The molecule has 8 heteroatoms. The lowest BCUT2D eigenvalue weighted by Gasteiger charge is -2.13. The Morgan fingerprint density at radius 2 is 1.79 bits per heavy atom. The van der Waals surface area contributed by atoms with Crippen molar-refractivity contribution in [1.29, 1.82) is 0 Å². The molecule has 0 atom stereocenters. The van der Waals surface area contributed by atoms with E-state index in [1.54, 1.807) is 6.07 Å². The Bertz CT molecular complexity index is 840. The lowest BCUT2D eigenvalue weighted by atomic mass is 9.98. The van der Waals surface area contributed by atoms with Crippen molar-refractivity contribution in [2.75, 3.05) is 6.54 Å². The molecule has 0 aromatic heterocycles. The van der Waals surface area contributed by atoms with Gasteiger partial charge in [-0.2, -0.15) is 13.2 Å². The van der Waals surface area contributed by atoms with Crippen molar-refractivity contribution in [1.82, 2.24) is 5.43 Å². The number of hydrogen-bond donors (Lipinski definition) is 2. The third-order valence-electron chi connectivity index (χ3n) is 3.52. The Hall–Kier alpha value is -2.74. The number of hydrogen-bond acceptors (Lipinski definition) is 4. The highest BCUT2D eigenvalue weighted by Gasteiger charge is 2.32. The zero-order chi connectivity index (χ0) is 17.3. The van der Waals surface area contributed by atoms with Gasteiger partial charge >= 0.3 is 6.18 Å². The third-order valence-corrected chi connectivity index (χ3v) is 3.52. The Kier molecular flexibility index (Phi) is 4.06. The molecule has 0 amide bonds. The topological polar surface area (TPSA) is 62.8 Å². The van der Waals surface area contributed by atoms with E-state index in [9.17, 15) is 17.6 Å². The molecular formula is C16H12F4N4. The van der Waals surface area contributed by atoms with Gasteiger partial charge in [0.05, 0.1) is 23.5 Å². The lowest BCUT2D eigenvalue weighted by Crippen LogP contribution is -2.32. The van der Waals surface area contributed by atoms with Crippen LogP contribution in [0, 0.1) is 5.82 Å². The van der Waals surface area contributed by atoms with Crippen LogP contribution in [0.25, 0.3) is 0 Å². The smallest absolute Gasteiger partial charge is 0.310 e. The summed E-state index contributed by atoms with van der Waals surface area (Å²) in [5, 5.41) is 0. The first kappa shape index (κ1) is 16.1. The van der Waals surface area contributed by atoms with E-state index in [1.807, 2.05) is 0 Å². The Morgan fingerprint density at radius 1 is 1.04 bits per heavy atom. The zero-order valence-corrected chi connectivity index (χ0v) is 12.2. The van der Waals surface area contributed by atoms with Crippen LogP contribution in [0.4, 0.5) is 23.2 Å². The Labute approximate surface area is 134 Å². The number of nitrogens with one attached hydrogen (secondary N) is 1. The molecule has 1 heterocycles. The first-order chi connectivity index (χ1) is 11.4. The van der Waals surface area contributed by atoms with Crippen LogP contribution < -0.4 is 11.3 Å². The molecule has 0 aliphatic carbocycles. The molecule has 24 heavy (non-hydrogen) atoms. The average molecular weight is 336 g/mol. The monoisotopic (exact) mass is 336 g/mol. The van der Waals surface area contributed by atoms with E-state index in [0.717, 1.165) is 12.1 Å². The largest absolute Gasteiger partial charge is 0.416 e. The number of nitrogens with two attached hydrogens (primary N) is 1. The molecule has 0 saturated heterocycles. The van der Waals surface area contributed by atoms with Crippen LogP contribution in [0.2, 0.25) is 0 Å². The standard InChI is InChI=1S/C16H12F4N4/c17-12-4-2-1-3-10(12)15-11-7-9(16(18,19)20)5-6-13(11)23-14(24-21)8-22-15/h1-7H,8,21H2,(H,23,24). The second-order valence-electron chi connectivity index (χ2n) is 5.08. The Balaban J connectivity index is 2.24. The number of hydrazine groups is 1. The molecule has 2 aromatic carbocycles. The van der Waals surface area contributed by atoms with Crippen molar-refractivity contribution in [3.05, 3.63) is 65.0 Å². The summed E-state index contributed by atoms with van der Waals surface area (Å²) in [5.41, 5.74) is 2.02.